The van der Waals surface area contributed by atoms with Crippen molar-refractivity contribution in [3.05, 3.63) is 102 Å². The molecule has 0 aliphatic rings. The first-order chi connectivity index (χ1) is 15.1. The van der Waals surface area contributed by atoms with Crippen molar-refractivity contribution in [3.8, 4) is 5.75 Å². The third kappa shape index (κ3) is 6.93. The van der Waals surface area contributed by atoms with Gasteiger partial charge in [-0.2, -0.15) is 5.10 Å². The van der Waals surface area contributed by atoms with Crippen molar-refractivity contribution < 1.29 is 19.1 Å². The van der Waals surface area contributed by atoms with Crippen molar-refractivity contribution in [1.82, 2.24) is 10.7 Å². The van der Waals surface area contributed by atoms with Gasteiger partial charge in [0, 0.05) is 18.5 Å². The minimum absolute atomic E-state index is 0.101. The number of hydrogen-bond donors (Lipinski definition) is 2. The summed E-state index contributed by atoms with van der Waals surface area (Å²) in [4.78, 5) is 35.8. The van der Waals surface area contributed by atoms with E-state index in [9.17, 15) is 14.4 Å². The number of carbonyl (C=O) groups is 3. The largest absolute Gasteiger partial charge is 0.423 e. The maximum atomic E-state index is 12.0. The molecule has 0 aliphatic heterocycles. The van der Waals surface area contributed by atoms with Gasteiger partial charge in [0.25, 0.3) is 5.91 Å². The second-order valence-electron chi connectivity index (χ2n) is 6.49. The van der Waals surface area contributed by atoms with Crippen LogP contribution >= 0.6 is 0 Å². The zero-order chi connectivity index (χ0) is 21.9. The third-order valence-electron chi connectivity index (χ3n) is 4.18. The molecular formula is C24H21N3O4. The number of amides is 2. The smallest absolute Gasteiger partial charge is 0.343 e. The molecule has 2 N–H and O–H groups in total. The number of nitrogens with zero attached hydrogens (tertiary/aromatic N) is 1. The van der Waals surface area contributed by atoms with E-state index in [0.29, 0.717) is 16.9 Å². The van der Waals surface area contributed by atoms with Crippen LogP contribution < -0.4 is 15.5 Å². The molecule has 0 aliphatic carbocycles. The zero-order valence-electron chi connectivity index (χ0n) is 16.7. The Labute approximate surface area is 179 Å². The monoisotopic (exact) mass is 415 g/mol. The molecule has 0 fully saturated rings. The summed E-state index contributed by atoms with van der Waals surface area (Å²) in [6.45, 7) is 0.205. The first-order valence-electron chi connectivity index (χ1n) is 9.64. The Bertz CT molecular complexity index is 1050. The van der Waals surface area contributed by atoms with Crippen molar-refractivity contribution in [3.63, 3.8) is 0 Å². The molecule has 0 bridgehead atoms. The summed E-state index contributed by atoms with van der Waals surface area (Å²) in [5.74, 6) is -0.583. The Morgan fingerprint density at radius 1 is 0.806 bits per heavy atom. The molecule has 0 saturated heterocycles. The molecule has 3 rings (SSSR count). The average molecular weight is 415 g/mol. The lowest BCUT2D eigenvalue weighted by Gasteiger charge is -2.05. The van der Waals surface area contributed by atoms with Gasteiger partial charge in [0.1, 0.15) is 5.75 Å². The van der Waals surface area contributed by atoms with Crippen molar-refractivity contribution in [2.24, 2.45) is 5.10 Å². The van der Waals surface area contributed by atoms with Crippen LogP contribution in [0.1, 0.15) is 32.7 Å². The van der Waals surface area contributed by atoms with Crippen LogP contribution in [0.4, 0.5) is 0 Å². The number of nitrogens with one attached hydrogen (secondary N) is 2. The van der Waals surface area contributed by atoms with Crippen molar-refractivity contribution >= 4 is 24.0 Å². The van der Waals surface area contributed by atoms with Crippen molar-refractivity contribution in [2.45, 2.75) is 6.42 Å². The molecule has 0 heterocycles. The summed E-state index contributed by atoms with van der Waals surface area (Å²) in [5.41, 5.74) is 4.14. The number of esters is 1. The van der Waals surface area contributed by atoms with Crippen LogP contribution in [0.2, 0.25) is 0 Å². The SMILES string of the molecule is O=C(CCNC(=O)c1ccccc1)N/N=C\c1ccc(OC(=O)c2ccccc2)cc1. The summed E-state index contributed by atoms with van der Waals surface area (Å²) in [6, 6.07) is 24.2. The fourth-order valence-corrected chi connectivity index (χ4v) is 2.58. The van der Waals surface area contributed by atoms with Crippen LogP contribution in [0.25, 0.3) is 0 Å². The van der Waals surface area contributed by atoms with E-state index in [1.165, 1.54) is 6.21 Å². The van der Waals surface area contributed by atoms with Gasteiger partial charge in [0.15, 0.2) is 0 Å². The van der Waals surface area contributed by atoms with Crippen LogP contribution in [0.3, 0.4) is 0 Å². The van der Waals surface area contributed by atoms with E-state index in [0.717, 1.165) is 5.56 Å². The highest BCUT2D eigenvalue weighted by molar-refractivity contribution is 5.94. The molecule has 0 unspecified atom stereocenters. The minimum atomic E-state index is -0.436. The average Bonchev–Trinajstić information content (AvgIpc) is 2.81. The maximum absolute atomic E-state index is 12.0. The molecule has 7 heteroatoms. The number of benzene rings is 3. The minimum Gasteiger partial charge on any atom is -0.423 e. The summed E-state index contributed by atoms with van der Waals surface area (Å²) in [6.07, 6.45) is 1.58. The zero-order valence-corrected chi connectivity index (χ0v) is 16.7. The summed E-state index contributed by atoms with van der Waals surface area (Å²) in [7, 11) is 0. The predicted molar refractivity (Wildman–Crippen MR) is 117 cm³/mol. The number of hydrazone groups is 1. The van der Waals surface area contributed by atoms with Gasteiger partial charge in [-0.1, -0.05) is 36.4 Å². The molecule has 0 radical (unpaired) electrons. The Balaban J connectivity index is 1.39. The highest BCUT2D eigenvalue weighted by Crippen LogP contribution is 2.13. The third-order valence-corrected chi connectivity index (χ3v) is 4.18. The molecule has 0 saturated carbocycles. The lowest BCUT2D eigenvalue weighted by Crippen LogP contribution is -2.28. The molecule has 31 heavy (non-hydrogen) atoms. The molecule has 0 spiro atoms. The first kappa shape index (κ1) is 21.4. The van der Waals surface area contributed by atoms with Crippen LogP contribution in [0.5, 0.6) is 5.75 Å². The second-order valence-corrected chi connectivity index (χ2v) is 6.49. The first-order valence-corrected chi connectivity index (χ1v) is 9.64. The standard InChI is InChI=1S/C24H21N3O4/c28-22(15-16-25-23(29)19-7-3-1-4-8-19)27-26-17-18-11-13-21(14-12-18)31-24(30)20-9-5-2-6-10-20/h1-14,17H,15-16H2,(H,25,29)(H,27,28)/b26-17-. The lowest BCUT2D eigenvalue weighted by atomic mass is 10.2. The highest BCUT2D eigenvalue weighted by atomic mass is 16.5. The van der Waals surface area contributed by atoms with E-state index in [1.54, 1.807) is 72.8 Å². The lowest BCUT2D eigenvalue weighted by molar-refractivity contribution is -0.120. The predicted octanol–water partition coefficient (Wildman–Crippen LogP) is 3.18. The highest BCUT2D eigenvalue weighted by Gasteiger charge is 2.07. The maximum Gasteiger partial charge on any atom is 0.343 e. The van der Waals surface area contributed by atoms with Crippen LogP contribution in [-0.2, 0) is 4.79 Å². The van der Waals surface area contributed by atoms with E-state index in [1.807, 2.05) is 12.1 Å². The van der Waals surface area contributed by atoms with Crippen molar-refractivity contribution in [1.29, 1.82) is 0 Å². The Kier molecular flexibility index (Phi) is 7.65. The van der Waals surface area contributed by atoms with Crippen LogP contribution in [-0.4, -0.2) is 30.5 Å². The van der Waals surface area contributed by atoms with Crippen molar-refractivity contribution in [2.75, 3.05) is 6.54 Å². The quantitative estimate of drug-likeness (QED) is 0.256. The number of rotatable bonds is 8. The molecular weight excluding hydrogens is 394 g/mol. The Hall–Kier alpha value is -4.26. The topological polar surface area (TPSA) is 96.9 Å². The molecule has 156 valence electrons. The number of hydrogen-bond acceptors (Lipinski definition) is 5. The van der Waals surface area contributed by atoms with Crippen LogP contribution in [0.15, 0.2) is 90.0 Å². The second kappa shape index (κ2) is 11.1. The fourth-order valence-electron chi connectivity index (χ4n) is 2.58. The fraction of sp³-hybridized carbons (Fsp3) is 0.0833. The van der Waals surface area contributed by atoms with E-state index < -0.39 is 5.97 Å². The molecule has 7 nitrogen and oxygen atoms in total. The normalized spacial score (nSPS) is 10.5. The summed E-state index contributed by atoms with van der Waals surface area (Å²) >= 11 is 0. The van der Waals surface area contributed by atoms with Gasteiger partial charge in [-0.05, 0) is 54.1 Å². The Morgan fingerprint density at radius 3 is 2.06 bits per heavy atom. The molecule has 3 aromatic rings. The van der Waals surface area contributed by atoms with Gasteiger partial charge in [-0.25, -0.2) is 10.2 Å². The molecule has 0 aromatic heterocycles. The summed E-state index contributed by atoms with van der Waals surface area (Å²) < 4.78 is 5.31. The molecule has 2 amide bonds. The van der Waals surface area contributed by atoms with E-state index >= 15 is 0 Å². The van der Waals surface area contributed by atoms with Crippen LogP contribution in [0, 0.1) is 0 Å². The van der Waals surface area contributed by atoms with Gasteiger partial charge in [0.2, 0.25) is 5.91 Å². The van der Waals surface area contributed by atoms with Gasteiger partial charge in [0.05, 0.1) is 11.8 Å². The van der Waals surface area contributed by atoms with Gasteiger partial charge >= 0.3 is 5.97 Å². The Morgan fingerprint density at radius 2 is 1.42 bits per heavy atom. The van der Waals surface area contributed by atoms with Gasteiger partial charge < -0.3 is 10.1 Å². The molecule has 3 aromatic carbocycles. The van der Waals surface area contributed by atoms with E-state index in [4.69, 9.17) is 4.74 Å². The number of carbonyl (C=O) groups excluding carboxylic acids is 3. The van der Waals surface area contributed by atoms with Gasteiger partial charge in [-0.3, -0.25) is 9.59 Å². The molecule has 0 atom stereocenters. The van der Waals surface area contributed by atoms with E-state index in [2.05, 4.69) is 15.8 Å². The summed E-state index contributed by atoms with van der Waals surface area (Å²) in [5, 5.41) is 6.57. The number of ether oxygens (including phenoxy) is 1. The van der Waals surface area contributed by atoms with E-state index in [-0.39, 0.29) is 24.8 Å². The van der Waals surface area contributed by atoms with Gasteiger partial charge in [-0.15, -0.1) is 0 Å².